The van der Waals surface area contributed by atoms with Gasteiger partial charge in [0.15, 0.2) is 11.5 Å². The maximum atomic E-state index is 13.5. The summed E-state index contributed by atoms with van der Waals surface area (Å²) in [6, 6.07) is -0.0734. The summed E-state index contributed by atoms with van der Waals surface area (Å²) in [7, 11) is 0. The van der Waals surface area contributed by atoms with Crippen LogP contribution in [-0.2, 0) is 4.79 Å². The average molecular weight is 490 g/mol. The van der Waals surface area contributed by atoms with Crippen LogP contribution in [0.3, 0.4) is 0 Å². The first-order valence-corrected chi connectivity index (χ1v) is 11.3. The SMILES string of the molecule is CC1=CC(C(=O)N[C@H](C)C(F)(F)F)NC2=C1N1CC[C@@H](C1)N2C(=O)Nc1n[nH]c2nc(C)ccc12. The number of anilines is 1. The maximum absolute atomic E-state index is 13.5. The normalized spacial score (nSPS) is 22.5. The monoisotopic (exact) mass is 490 g/mol. The van der Waals surface area contributed by atoms with E-state index < -0.39 is 30.2 Å². The minimum absolute atomic E-state index is 0.171. The summed E-state index contributed by atoms with van der Waals surface area (Å²) >= 11 is 0. The van der Waals surface area contributed by atoms with E-state index in [4.69, 9.17) is 0 Å². The summed E-state index contributed by atoms with van der Waals surface area (Å²) in [5.41, 5.74) is 2.80. The Hall–Kier alpha value is -3.77. The van der Waals surface area contributed by atoms with Gasteiger partial charge in [0.05, 0.1) is 17.1 Å². The quantitative estimate of drug-likeness (QED) is 0.525. The first-order valence-electron chi connectivity index (χ1n) is 11.3. The smallest absolute Gasteiger partial charge is 0.366 e. The number of fused-ring (bicyclic) bond motifs is 4. The molecule has 35 heavy (non-hydrogen) atoms. The fourth-order valence-electron chi connectivity index (χ4n) is 4.75. The van der Waals surface area contributed by atoms with Crippen LogP contribution in [-0.4, -0.2) is 74.3 Å². The number of aromatic amines is 1. The molecule has 2 aromatic heterocycles. The predicted octanol–water partition coefficient (Wildman–Crippen LogP) is 2.34. The van der Waals surface area contributed by atoms with Gasteiger partial charge in [0.2, 0.25) is 5.91 Å². The Balaban J connectivity index is 1.42. The predicted molar refractivity (Wildman–Crippen MR) is 121 cm³/mol. The first-order chi connectivity index (χ1) is 16.5. The van der Waals surface area contributed by atoms with Crippen LogP contribution in [0.15, 0.2) is 35.3 Å². The molecule has 3 atom stereocenters. The first kappa shape index (κ1) is 23.0. The van der Waals surface area contributed by atoms with Crippen molar-refractivity contribution in [2.45, 2.75) is 51.5 Å². The molecule has 3 amide bonds. The van der Waals surface area contributed by atoms with E-state index in [1.807, 2.05) is 24.4 Å². The number of urea groups is 1. The van der Waals surface area contributed by atoms with Crippen molar-refractivity contribution in [2.75, 3.05) is 18.4 Å². The number of rotatable bonds is 3. The lowest BCUT2D eigenvalue weighted by Gasteiger charge is -2.42. The number of H-pyrrole nitrogens is 1. The molecule has 186 valence electrons. The number of carbonyl (C=O) groups excluding carboxylic acids is 2. The zero-order chi connectivity index (χ0) is 25.1. The zero-order valence-electron chi connectivity index (χ0n) is 19.3. The molecule has 13 heteroatoms. The van der Waals surface area contributed by atoms with Crippen LogP contribution in [0.4, 0.5) is 23.8 Å². The molecule has 0 spiro atoms. The number of aromatic nitrogens is 3. The van der Waals surface area contributed by atoms with Crippen molar-refractivity contribution in [3.05, 3.63) is 41.0 Å². The number of alkyl halides is 3. The van der Waals surface area contributed by atoms with Crippen LogP contribution in [0, 0.1) is 6.92 Å². The largest absolute Gasteiger partial charge is 0.408 e. The van der Waals surface area contributed by atoms with E-state index in [1.54, 1.807) is 17.9 Å². The molecule has 5 rings (SSSR count). The number of pyridine rings is 1. The topological polar surface area (TPSA) is 118 Å². The Morgan fingerprint density at radius 2 is 2.03 bits per heavy atom. The number of carbonyl (C=O) groups is 2. The van der Waals surface area contributed by atoms with Gasteiger partial charge in [-0.05, 0) is 51.0 Å². The Labute approximate surface area is 198 Å². The molecule has 1 saturated heterocycles. The summed E-state index contributed by atoms with van der Waals surface area (Å²) in [6.07, 6.45) is -2.27. The van der Waals surface area contributed by atoms with Gasteiger partial charge in [-0.3, -0.25) is 20.1 Å². The van der Waals surface area contributed by atoms with Crippen molar-refractivity contribution in [2.24, 2.45) is 0 Å². The van der Waals surface area contributed by atoms with E-state index in [2.05, 4.69) is 30.7 Å². The third-order valence-corrected chi connectivity index (χ3v) is 6.53. The van der Waals surface area contributed by atoms with Gasteiger partial charge in [-0.1, -0.05) is 0 Å². The van der Waals surface area contributed by atoms with E-state index in [1.165, 1.54) is 0 Å². The minimum Gasteiger partial charge on any atom is -0.366 e. The molecule has 0 saturated carbocycles. The molecular weight excluding hydrogens is 465 g/mol. The van der Waals surface area contributed by atoms with E-state index in [0.29, 0.717) is 41.2 Å². The number of hydrogen-bond donors (Lipinski definition) is 4. The van der Waals surface area contributed by atoms with Crippen LogP contribution in [0.25, 0.3) is 11.0 Å². The van der Waals surface area contributed by atoms with Gasteiger partial charge >= 0.3 is 12.2 Å². The van der Waals surface area contributed by atoms with Gasteiger partial charge in [-0.25, -0.2) is 9.78 Å². The number of aryl methyl sites for hydroxylation is 1. The molecule has 0 radical (unpaired) electrons. The van der Waals surface area contributed by atoms with Crippen LogP contribution in [0.2, 0.25) is 0 Å². The fraction of sp³-hybridized carbons (Fsp3) is 0.455. The molecular formula is C22H25F3N8O2. The lowest BCUT2D eigenvalue weighted by atomic mass is 10.0. The van der Waals surface area contributed by atoms with Crippen LogP contribution >= 0.6 is 0 Å². The molecule has 3 aliphatic heterocycles. The summed E-state index contributed by atoms with van der Waals surface area (Å²) in [5, 5.41) is 15.5. The Morgan fingerprint density at radius 3 is 2.77 bits per heavy atom. The third-order valence-electron chi connectivity index (χ3n) is 6.53. The van der Waals surface area contributed by atoms with Gasteiger partial charge in [0.25, 0.3) is 0 Å². The van der Waals surface area contributed by atoms with Crippen molar-refractivity contribution in [1.82, 2.24) is 35.6 Å². The van der Waals surface area contributed by atoms with Crippen LogP contribution in [0.1, 0.15) is 26.0 Å². The zero-order valence-corrected chi connectivity index (χ0v) is 19.3. The van der Waals surface area contributed by atoms with Crippen molar-refractivity contribution in [1.29, 1.82) is 0 Å². The standard InChI is InChI=1S/C22H25F3N8O2/c1-10-8-15(20(34)27-12(3)22(23,24)25)28-19-16(10)32-7-6-13(9-32)33(19)21(35)29-18-14-5-4-11(2)26-17(14)30-31-18/h4-5,8,12-13,15,28H,6-7,9H2,1-3H3,(H,27,34)(H2,26,29,30,31,35)/t12-,13+,15?/m1/s1. The molecule has 2 bridgehead atoms. The van der Waals surface area contributed by atoms with Crippen molar-refractivity contribution in [3.63, 3.8) is 0 Å². The minimum atomic E-state index is -4.56. The highest BCUT2D eigenvalue weighted by atomic mass is 19.4. The number of dihydropyridines is 1. The highest BCUT2D eigenvalue weighted by molar-refractivity contribution is 5.99. The molecule has 0 aromatic carbocycles. The van der Waals surface area contributed by atoms with Crippen LogP contribution < -0.4 is 16.0 Å². The van der Waals surface area contributed by atoms with Gasteiger partial charge in [0.1, 0.15) is 17.9 Å². The molecule has 1 fully saturated rings. The van der Waals surface area contributed by atoms with Gasteiger partial charge in [-0.2, -0.15) is 18.3 Å². The number of allylic oxidation sites excluding steroid dienone is 1. The third kappa shape index (κ3) is 4.04. The highest BCUT2D eigenvalue weighted by Crippen LogP contribution is 2.37. The summed E-state index contributed by atoms with van der Waals surface area (Å²) < 4.78 is 38.9. The molecule has 2 aromatic rings. The second-order valence-electron chi connectivity index (χ2n) is 9.05. The van der Waals surface area contributed by atoms with E-state index >= 15 is 0 Å². The van der Waals surface area contributed by atoms with Crippen molar-refractivity contribution >= 4 is 28.8 Å². The summed E-state index contributed by atoms with van der Waals surface area (Å²) in [4.78, 5) is 34.2. The Kier molecular flexibility index (Phi) is 5.37. The van der Waals surface area contributed by atoms with Crippen molar-refractivity contribution < 1.29 is 22.8 Å². The molecule has 4 N–H and O–H groups in total. The lowest BCUT2D eigenvalue weighted by molar-refractivity contribution is -0.158. The van der Waals surface area contributed by atoms with Crippen molar-refractivity contribution in [3.8, 4) is 0 Å². The Morgan fingerprint density at radius 1 is 1.26 bits per heavy atom. The highest BCUT2D eigenvalue weighted by Gasteiger charge is 2.45. The van der Waals surface area contributed by atoms with Crippen LogP contribution in [0.5, 0.6) is 0 Å². The fourth-order valence-corrected chi connectivity index (χ4v) is 4.75. The van der Waals surface area contributed by atoms with Gasteiger partial charge < -0.3 is 15.5 Å². The Bertz CT molecular complexity index is 1270. The molecule has 1 unspecified atom stereocenters. The molecule has 10 nitrogen and oxygen atoms in total. The molecule has 3 aliphatic rings. The number of hydrogen-bond acceptors (Lipinski definition) is 6. The number of halogens is 3. The van der Waals surface area contributed by atoms with Gasteiger partial charge in [0, 0.05) is 18.8 Å². The summed E-state index contributed by atoms with van der Waals surface area (Å²) in [6.45, 7) is 5.85. The lowest BCUT2D eigenvalue weighted by Crippen LogP contribution is -2.57. The van der Waals surface area contributed by atoms with E-state index in [9.17, 15) is 22.8 Å². The van der Waals surface area contributed by atoms with E-state index in [0.717, 1.165) is 24.9 Å². The van der Waals surface area contributed by atoms with E-state index in [-0.39, 0.29) is 6.04 Å². The second kappa shape index (κ2) is 8.17. The molecule has 5 heterocycles. The number of nitrogens with zero attached hydrogens (tertiary/aromatic N) is 4. The van der Waals surface area contributed by atoms with Gasteiger partial charge in [-0.15, -0.1) is 0 Å². The number of nitrogens with one attached hydrogen (secondary N) is 4. The summed E-state index contributed by atoms with van der Waals surface area (Å²) in [5.74, 6) is -0.116. The average Bonchev–Trinajstić information content (AvgIpc) is 3.37. The second-order valence-corrected chi connectivity index (χ2v) is 9.05. The molecule has 0 aliphatic carbocycles. The number of amides is 3. The maximum Gasteiger partial charge on any atom is 0.408 e.